The Bertz CT molecular complexity index is 891. The van der Waals surface area contributed by atoms with E-state index in [2.05, 4.69) is 10.6 Å². The largest absolute Gasteiger partial charge is 0.454 e. The number of hydrogen-bond acceptors (Lipinski definition) is 5. The molecule has 2 heterocycles. The highest BCUT2D eigenvalue weighted by Gasteiger charge is 2.33. The van der Waals surface area contributed by atoms with Gasteiger partial charge >= 0.3 is 12.1 Å². The molecule has 0 radical (unpaired) electrons. The van der Waals surface area contributed by atoms with E-state index in [1.54, 1.807) is 42.5 Å². The number of hydrogen-bond donors (Lipinski definition) is 2. The fraction of sp³-hybridized carbons (Fsp3) is 0.222. The van der Waals surface area contributed by atoms with Gasteiger partial charge in [0.1, 0.15) is 6.10 Å². The van der Waals surface area contributed by atoms with Gasteiger partial charge in [-0.1, -0.05) is 23.7 Å². The summed E-state index contributed by atoms with van der Waals surface area (Å²) >= 11 is 6.00. The zero-order valence-corrected chi connectivity index (χ0v) is 14.9. The molecule has 1 saturated heterocycles. The van der Waals surface area contributed by atoms with E-state index < -0.39 is 18.2 Å². The molecule has 0 aromatic heterocycles. The van der Waals surface area contributed by atoms with Gasteiger partial charge < -0.3 is 24.8 Å². The number of rotatable bonds is 4. The van der Waals surface area contributed by atoms with Crippen LogP contribution in [0.3, 0.4) is 0 Å². The third-order valence-electron chi connectivity index (χ3n) is 4.15. The summed E-state index contributed by atoms with van der Waals surface area (Å²) in [6, 6.07) is 11.7. The molecular formula is C18H16ClN3O5. The second-order valence-corrected chi connectivity index (χ2v) is 6.38. The average molecular weight is 390 g/mol. The Kier molecular flexibility index (Phi) is 4.64. The number of fused-ring (bicyclic) bond motifs is 1. The normalized spacial score (nSPS) is 17.6. The van der Waals surface area contributed by atoms with Crippen LogP contribution in [0.5, 0.6) is 11.5 Å². The average Bonchev–Trinajstić information content (AvgIpc) is 3.27. The molecule has 140 valence electrons. The first-order valence-electron chi connectivity index (χ1n) is 8.27. The summed E-state index contributed by atoms with van der Waals surface area (Å²) in [5, 5.41) is 5.77. The molecule has 2 aliphatic rings. The Balaban J connectivity index is 1.33. The van der Waals surface area contributed by atoms with Gasteiger partial charge in [-0.05, 0) is 24.3 Å². The Morgan fingerprint density at radius 3 is 2.85 bits per heavy atom. The molecule has 0 saturated carbocycles. The Hall–Kier alpha value is -3.13. The van der Waals surface area contributed by atoms with Gasteiger partial charge in [0.15, 0.2) is 11.5 Å². The van der Waals surface area contributed by atoms with Crippen LogP contribution in [0.25, 0.3) is 0 Å². The van der Waals surface area contributed by atoms with Crippen LogP contribution in [-0.4, -0.2) is 38.1 Å². The Labute approximate surface area is 159 Å². The van der Waals surface area contributed by atoms with E-state index in [1.165, 1.54) is 4.90 Å². The number of cyclic esters (lactones) is 1. The molecule has 9 heteroatoms. The van der Waals surface area contributed by atoms with Crippen LogP contribution in [0.15, 0.2) is 42.5 Å². The molecule has 27 heavy (non-hydrogen) atoms. The lowest BCUT2D eigenvalue weighted by atomic mass is 10.2. The summed E-state index contributed by atoms with van der Waals surface area (Å²) < 4.78 is 15.9. The summed E-state index contributed by atoms with van der Waals surface area (Å²) in [7, 11) is 0. The minimum absolute atomic E-state index is 0.163. The molecule has 3 amide bonds. The smallest absolute Gasteiger partial charge is 0.414 e. The fourth-order valence-corrected chi connectivity index (χ4v) is 3.01. The second-order valence-electron chi connectivity index (χ2n) is 5.97. The fourth-order valence-electron chi connectivity index (χ4n) is 2.83. The minimum atomic E-state index is -0.479. The van der Waals surface area contributed by atoms with Crippen LogP contribution in [0.4, 0.5) is 21.0 Å². The van der Waals surface area contributed by atoms with Gasteiger partial charge in [0, 0.05) is 6.07 Å². The number of benzene rings is 2. The molecule has 1 unspecified atom stereocenters. The number of carbonyl (C=O) groups excluding carboxylic acids is 2. The van der Waals surface area contributed by atoms with Crippen molar-refractivity contribution in [3.05, 3.63) is 47.5 Å². The van der Waals surface area contributed by atoms with Crippen LogP contribution in [0, 0.1) is 0 Å². The summed E-state index contributed by atoms with van der Waals surface area (Å²) in [5.74, 6) is 1.22. The van der Waals surface area contributed by atoms with E-state index in [9.17, 15) is 9.59 Å². The quantitative estimate of drug-likeness (QED) is 0.838. The maximum absolute atomic E-state index is 12.2. The van der Waals surface area contributed by atoms with Crippen molar-refractivity contribution in [2.24, 2.45) is 0 Å². The number of carbonyl (C=O) groups is 2. The van der Waals surface area contributed by atoms with Crippen LogP contribution < -0.4 is 25.0 Å². The SMILES string of the molecule is O=C(NCC1CN(c2ccc3c(c2)OCO3)C(=O)O1)Nc1ccccc1Cl. The van der Waals surface area contributed by atoms with Crippen molar-refractivity contribution in [3.63, 3.8) is 0 Å². The predicted molar refractivity (Wildman–Crippen MR) is 98.7 cm³/mol. The van der Waals surface area contributed by atoms with Gasteiger partial charge in [-0.3, -0.25) is 4.90 Å². The molecule has 2 N–H and O–H groups in total. The van der Waals surface area contributed by atoms with Gasteiger partial charge in [0.25, 0.3) is 0 Å². The molecule has 2 aromatic rings. The number of urea groups is 1. The highest BCUT2D eigenvalue weighted by molar-refractivity contribution is 6.33. The number of para-hydroxylation sites is 1. The van der Waals surface area contributed by atoms with Gasteiger partial charge in [-0.2, -0.15) is 0 Å². The van der Waals surface area contributed by atoms with Crippen molar-refractivity contribution < 1.29 is 23.8 Å². The number of ether oxygens (including phenoxy) is 3. The lowest BCUT2D eigenvalue weighted by Crippen LogP contribution is -2.37. The molecule has 0 aliphatic carbocycles. The molecule has 8 nitrogen and oxygen atoms in total. The zero-order chi connectivity index (χ0) is 18.8. The molecule has 1 fully saturated rings. The van der Waals surface area contributed by atoms with Crippen LogP contribution in [0.1, 0.15) is 0 Å². The van der Waals surface area contributed by atoms with E-state index in [0.717, 1.165) is 0 Å². The Morgan fingerprint density at radius 2 is 2.00 bits per heavy atom. The first-order valence-corrected chi connectivity index (χ1v) is 8.65. The van der Waals surface area contributed by atoms with E-state index in [0.29, 0.717) is 34.4 Å². The minimum Gasteiger partial charge on any atom is -0.454 e. The van der Waals surface area contributed by atoms with E-state index in [1.807, 2.05) is 0 Å². The van der Waals surface area contributed by atoms with E-state index in [4.69, 9.17) is 25.8 Å². The summed E-state index contributed by atoms with van der Waals surface area (Å²) in [5.41, 5.74) is 1.15. The van der Waals surface area contributed by atoms with Crippen LogP contribution in [0.2, 0.25) is 5.02 Å². The van der Waals surface area contributed by atoms with Crippen LogP contribution >= 0.6 is 11.6 Å². The summed E-state index contributed by atoms with van der Waals surface area (Å²) in [4.78, 5) is 25.7. The van der Waals surface area contributed by atoms with E-state index >= 15 is 0 Å². The zero-order valence-electron chi connectivity index (χ0n) is 14.1. The number of amides is 3. The highest BCUT2D eigenvalue weighted by atomic mass is 35.5. The topological polar surface area (TPSA) is 89.1 Å². The maximum Gasteiger partial charge on any atom is 0.414 e. The molecular weight excluding hydrogens is 374 g/mol. The van der Waals surface area contributed by atoms with Crippen molar-refractivity contribution in [1.29, 1.82) is 0 Å². The number of anilines is 2. The van der Waals surface area contributed by atoms with Crippen molar-refractivity contribution in [2.45, 2.75) is 6.10 Å². The van der Waals surface area contributed by atoms with Crippen molar-refractivity contribution in [2.75, 3.05) is 30.1 Å². The van der Waals surface area contributed by atoms with Crippen molar-refractivity contribution in [3.8, 4) is 11.5 Å². The number of nitrogens with one attached hydrogen (secondary N) is 2. The maximum atomic E-state index is 12.2. The standard InChI is InChI=1S/C18H16ClN3O5/c19-13-3-1-2-4-14(13)21-17(23)20-8-12-9-22(18(24)27-12)11-5-6-15-16(7-11)26-10-25-15/h1-7,12H,8-10H2,(H2,20,21,23). The first kappa shape index (κ1) is 17.3. The number of halogens is 1. The lowest BCUT2D eigenvalue weighted by molar-refractivity contribution is 0.141. The van der Waals surface area contributed by atoms with Crippen molar-refractivity contribution in [1.82, 2.24) is 5.32 Å². The van der Waals surface area contributed by atoms with E-state index in [-0.39, 0.29) is 13.3 Å². The Morgan fingerprint density at radius 1 is 1.19 bits per heavy atom. The highest BCUT2D eigenvalue weighted by Crippen LogP contribution is 2.36. The third-order valence-corrected chi connectivity index (χ3v) is 4.48. The lowest BCUT2D eigenvalue weighted by Gasteiger charge is -2.14. The third kappa shape index (κ3) is 3.70. The monoisotopic (exact) mass is 389 g/mol. The van der Waals surface area contributed by atoms with Crippen molar-refractivity contribution >= 4 is 35.1 Å². The molecule has 4 rings (SSSR count). The summed E-state index contributed by atoms with van der Waals surface area (Å²) in [6.45, 7) is 0.643. The predicted octanol–water partition coefficient (Wildman–Crippen LogP) is 3.22. The molecule has 1 atom stereocenters. The molecule has 2 aliphatic heterocycles. The van der Waals surface area contributed by atoms with Crippen LogP contribution in [-0.2, 0) is 4.74 Å². The molecule has 2 aromatic carbocycles. The number of nitrogens with zero attached hydrogens (tertiary/aromatic N) is 1. The molecule has 0 bridgehead atoms. The van der Waals surface area contributed by atoms with Gasteiger partial charge in [-0.15, -0.1) is 0 Å². The first-order chi connectivity index (χ1) is 13.1. The van der Waals surface area contributed by atoms with Gasteiger partial charge in [0.2, 0.25) is 6.79 Å². The van der Waals surface area contributed by atoms with Gasteiger partial charge in [-0.25, -0.2) is 9.59 Å². The van der Waals surface area contributed by atoms with Gasteiger partial charge in [0.05, 0.1) is 29.5 Å². The summed E-state index contributed by atoms with van der Waals surface area (Å²) in [6.07, 6.45) is -0.952. The second kappa shape index (κ2) is 7.24. The molecule has 0 spiro atoms.